The molecule has 4 nitrogen and oxygen atoms in total. The molecule has 1 aromatic carbocycles. The molecule has 0 atom stereocenters. The second-order valence-corrected chi connectivity index (χ2v) is 5.75. The first-order valence-electron chi connectivity index (χ1n) is 6.07. The Morgan fingerprint density at radius 2 is 2.05 bits per heavy atom. The number of nitrogen functional groups attached to an aromatic ring is 1. The van der Waals surface area contributed by atoms with Crippen molar-refractivity contribution >= 4 is 39.0 Å². The van der Waals surface area contributed by atoms with E-state index in [4.69, 9.17) is 5.73 Å². The van der Waals surface area contributed by atoms with Crippen LogP contribution in [-0.4, -0.2) is 17.0 Å². The summed E-state index contributed by atoms with van der Waals surface area (Å²) in [5, 5.41) is 0.925. The molecular formula is C14H13FN4S. The van der Waals surface area contributed by atoms with E-state index in [2.05, 4.69) is 9.97 Å². The Morgan fingerprint density at radius 1 is 1.25 bits per heavy atom. The Balaban J connectivity index is 2.18. The van der Waals surface area contributed by atoms with Crippen LogP contribution in [0.15, 0.2) is 30.3 Å². The Morgan fingerprint density at radius 3 is 2.80 bits per heavy atom. The van der Waals surface area contributed by atoms with Gasteiger partial charge in [-0.25, -0.2) is 9.37 Å². The molecule has 0 unspecified atom stereocenters. The van der Waals surface area contributed by atoms with Crippen LogP contribution in [0.4, 0.5) is 21.8 Å². The normalized spacial score (nSPS) is 10.9. The first-order chi connectivity index (χ1) is 9.54. The Labute approximate surface area is 119 Å². The lowest BCUT2D eigenvalue weighted by Gasteiger charge is -2.19. The summed E-state index contributed by atoms with van der Waals surface area (Å²) < 4.78 is 13.4. The van der Waals surface area contributed by atoms with Gasteiger partial charge in [-0.2, -0.15) is 4.98 Å². The topological polar surface area (TPSA) is 55.0 Å². The van der Waals surface area contributed by atoms with E-state index in [0.29, 0.717) is 11.5 Å². The fraction of sp³-hybridized carbons (Fsp3) is 0.143. The molecule has 0 radical (unpaired) electrons. The van der Waals surface area contributed by atoms with E-state index in [1.165, 1.54) is 12.1 Å². The van der Waals surface area contributed by atoms with Crippen LogP contribution in [0, 0.1) is 12.7 Å². The number of hydrogen-bond acceptors (Lipinski definition) is 5. The minimum Gasteiger partial charge on any atom is -0.368 e. The van der Waals surface area contributed by atoms with E-state index in [1.54, 1.807) is 17.4 Å². The number of anilines is 3. The Bertz CT molecular complexity index is 784. The number of nitrogens with two attached hydrogens (primary N) is 1. The zero-order chi connectivity index (χ0) is 14.3. The van der Waals surface area contributed by atoms with Crippen molar-refractivity contribution in [3.05, 3.63) is 41.0 Å². The maximum absolute atomic E-state index is 13.4. The standard InChI is InChI=1S/C14H13FN4S/c1-8-6-11-12(17-14(16)18-13(11)20-8)19(2)10-5-3-4-9(15)7-10/h3-7H,1-2H3,(H2,16,17,18). The third kappa shape index (κ3) is 2.18. The van der Waals surface area contributed by atoms with Gasteiger partial charge in [0.05, 0.1) is 5.39 Å². The summed E-state index contributed by atoms with van der Waals surface area (Å²) in [6.07, 6.45) is 0. The first kappa shape index (κ1) is 12.8. The van der Waals surface area contributed by atoms with Crippen LogP contribution in [0.1, 0.15) is 4.88 Å². The van der Waals surface area contributed by atoms with Crippen molar-refractivity contribution in [2.24, 2.45) is 0 Å². The van der Waals surface area contributed by atoms with Crippen molar-refractivity contribution in [1.29, 1.82) is 0 Å². The third-order valence-corrected chi connectivity index (χ3v) is 3.97. The number of rotatable bonds is 2. The molecule has 0 spiro atoms. The molecule has 3 aromatic rings. The Kier molecular flexibility index (Phi) is 3.02. The number of hydrogen-bond donors (Lipinski definition) is 1. The fourth-order valence-corrected chi connectivity index (χ4v) is 2.99. The predicted octanol–water partition coefficient (Wildman–Crippen LogP) is 3.49. The molecule has 2 heterocycles. The molecular weight excluding hydrogens is 275 g/mol. The van der Waals surface area contributed by atoms with E-state index in [0.717, 1.165) is 15.1 Å². The number of fused-ring (bicyclic) bond motifs is 1. The minimum absolute atomic E-state index is 0.220. The van der Waals surface area contributed by atoms with E-state index in [-0.39, 0.29) is 11.8 Å². The van der Waals surface area contributed by atoms with Crippen LogP contribution in [0.3, 0.4) is 0 Å². The van der Waals surface area contributed by atoms with Gasteiger partial charge in [-0.15, -0.1) is 11.3 Å². The molecule has 0 fully saturated rings. The van der Waals surface area contributed by atoms with Gasteiger partial charge < -0.3 is 10.6 Å². The van der Waals surface area contributed by atoms with Crippen molar-refractivity contribution in [1.82, 2.24) is 9.97 Å². The van der Waals surface area contributed by atoms with Crippen molar-refractivity contribution in [3.8, 4) is 0 Å². The highest BCUT2D eigenvalue weighted by Crippen LogP contribution is 2.33. The van der Waals surface area contributed by atoms with Gasteiger partial charge >= 0.3 is 0 Å². The van der Waals surface area contributed by atoms with Gasteiger partial charge in [0, 0.05) is 17.6 Å². The predicted molar refractivity (Wildman–Crippen MR) is 81.0 cm³/mol. The van der Waals surface area contributed by atoms with Gasteiger partial charge in [-0.05, 0) is 31.2 Å². The maximum Gasteiger partial charge on any atom is 0.223 e. The van der Waals surface area contributed by atoms with Crippen molar-refractivity contribution in [2.45, 2.75) is 6.92 Å². The summed E-state index contributed by atoms with van der Waals surface area (Å²) in [5.74, 6) is 0.620. The van der Waals surface area contributed by atoms with Crippen LogP contribution < -0.4 is 10.6 Å². The number of benzene rings is 1. The van der Waals surface area contributed by atoms with Gasteiger partial charge in [0.25, 0.3) is 0 Å². The molecule has 0 aliphatic carbocycles. The van der Waals surface area contributed by atoms with Crippen molar-refractivity contribution in [3.63, 3.8) is 0 Å². The molecule has 3 rings (SSSR count). The number of halogens is 1. The highest BCUT2D eigenvalue weighted by Gasteiger charge is 2.14. The maximum atomic E-state index is 13.4. The summed E-state index contributed by atoms with van der Waals surface area (Å²) in [4.78, 5) is 12.3. The molecule has 6 heteroatoms. The van der Waals surface area contributed by atoms with E-state index >= 15 is 0 Å². The highest BCUT2D eigenvalue weighted by molar-refractivity contribution is 7.18. The summed E-state index contributed by atoms with van der Waals surface area (Å²) in [5.41, 5.74) is 6.48. The van der Waals surface area contributed by atoms with Crippen LogP contribution >= 0.6 is 11.3 Å². The Hall–Kier alpha value is -2.21. The number of thiophene rings is 1. The number of nitrogens with zero attached hydrogens (tertiary/aromatic N) is 3. The summed E-state index contributed by atoms with van der Waals surface area (Å²) in [7, 11) is 1.84. The zero-order valence-corrected chi connectivity index (χ0v) is 11.9. The second kappa shape index (κ2) is 4.72. The number of aryl methyl sites for hydroxylation is 1. The monoisotopic (exact) mass is 288 g/mol. The van der Waals surface area contributed by atoms with Gasteiger partial charge in [-0.3, -0.25) is 0 Å². The molecule has 0 bridgehead atoms. The lowest BCUT2D eigenvalue weighted by atomic mass is 10.2. The lowest BCUT2D eigenvalue weighted by Crippen LogP contribution is -2.13. The molecule has 0 amide bonds. The zero-order valence-electron chi connectivity index (χ0n) is 11.1. The SMILES string of the molecule is Cc1cc2c(N(C)c3cccc(F)c3)nc(N)nc2s1. The molecule has 2 N–H and O–H groups in total. The van der Waals surface area contributed by atoms with Crippen LogP contribution in [0.2, 0.25) is 0 Å². The van der Waals surface area contributed by atoms with Crippen molar-refractivity contribution in [2.75, 3.05) is 17.7 Å². The minimum atomic E-state index is -0.283. The summed E-state index contributed by atoms with van der Waals surface area (Å²) in [6.45, 7) is 2.01. The molecule has 0 aliphatic rings. The fourth-order valence-electron chi connectivity index (χ4n) is 2.11. The van der Waals surface area contributed by atoms with Crippen LogP contribution in [0.5, 0.6) is 0 Å². The summed E-state index contributed by atoms with van der Waals surface area (Å²) in [6, 6.07) is 8.39. The second-order valence-electron chi connectivity index (χ2n) is 4.52. The smallest absolute Gasteiger partial charge is 0.223 e. The molecule has 2 aromatic heterocycles. The molecule has 0 aliphatic heterocycles. The average molecular weight is 288 g/mol. The first-order valence-corrected chi connectivity index (χ1v) is 6.89. The van der Waals surface area contributed by atoms with Gasteiger partial charge in [0.1, 0.15) is 16.5 Å². The van der Waals surface area contributed by atoms with Gasteiger partial charge in [0.15, 0.2) is 0 Å². The van der Waals surface area contributed by atoms with Crippen LogP contribution in [-0.2, 0) is 0 Å². The van der Waals surface area contributed by atoms with Crippen molar-refractivity contribution < 1.29 is 4.39 Å². The quantitative estimate of drug-likeness (QED) is 0.784. The molecule has 0 saturated carbocycles. The van der Waals surface area contributed by atoms with E-state index in [9.17, 15) is 4.39 Å². The van der Waals surface area contributed by atoms with Crippen LogP contribution in [0.25, 0.3) is 10.2 Å². The lowest BCUT2D eigenvalue weighted by molar-refractivity contribution is 0.628. The summed E-state index contributed by atoms with van der Waals surface area (Å²) >= 11 is 1.56. The highest BCUT2D eigenvalue weighted by atomic mass is 32.1. The molecule has 102 valence electrons. The average Bonchev–Trinajstić information content (AvgIpc) is 2.77. The van der Waals surface area contributed by atoms with E-state index in [1.807, 2.05) is 31.0 Å². The van der Waals surface area contributed by atoms with E-state index < -0.39 is 0 Å². The largest absolute Gasteiger partial charge is 0.368 e. The third-order valence-electron chi connectivity index (χ3n) is 3.03. The van der Waals surface area contributed by atoms with Gasteiger partial charge in [0.2, 0.25) is 5.95 Å². The van der Waals surface area contributed by atoms with Gasteiger partial charge in [-0.1, -0.05) is 6.07 Å². The number of aromatic nitrogens is 2. The molecule has 0 saturated heterocycles. The molecule has 20 heavy (non-hydrogen) atoms.